The number of hydrogen-bond donors (Lipinski definition) is 2. The minimum Gasteiger partial charge on any atom is -0.480 e. The molecule has 1 atom stereocenters. The standard InChI is InChI=1S/C32H37FN2O4/c1-21(2)19-22-5-9-24(10-6-22)25-11-13-26(14-12-25)30(37)35(28(31(38)39)17-18-29(34)36)32(3,4)20-23-7-15-27(33)16-8-23/h5-16,21,28H,17-20H2,1-4H3,(H2,34,36)(H,38,39)/t28-/m0/s1. The van der Waals surface area contributed by atoms with Gasteiger partial charge in [0.2, 0.25) is 5.91 Å². The van der Waals surface area contributed by atoms with Gasteiger partial charge >= 0.3 is 5.97 Å². The summed E-state index contributed by atoms with van der Waals surface area (Å²) in [6.45, 7) is 7.89. The molecule has 0 saturated heterocycles. The zero-order valence-electron chi connectivity index (χ0n) is 23.0. The van der Waals surface area contributed by atoms with Crippen molar-refractivity contribution in [3.05, 3.63) is 95.3 Å². The van der Waals surface area contributed by atoms with Crippen LogP contribution in [-0.4, -0.2) is 39.4 Å². The van der Waals surface area contributed by atoms with Gasteiger partial charge in [-0.3, -0.25) is 9.59 Å². The molecule has 3 N–H and O–H groups in total. The van der Waals surface area contributed by atoms with Crippen molar-refractivity contribution in [1.29, 1.82) is 0 Å². The zero-order chi connectivity index (χ0) is 28.7. The minimum atomic E-state index is -1.28. The monoisotopic (exact) mass is 532 g/mol. The Kier molecular flexibility index (Phi) is 9.62. The Bertz CT molecular complexity index is 1280. The van der Waals surface area contributed by atoms with Crippen molar-refractivity contribution in [1.82, 2.24) is 4.90 Å². The van der Waals surface area contributed by atoms with E-state index in [2.05, 4.69) is 38.1 Å². The van der Waals surface area contributed by atoms with Crippen molar-refractivity contribution < 1.29 is 23.9 Å². The lowest BCUT2D eigenvalue weighted by Gasteiger charge is -2.42. The van der Waals surface area contributed by atoms with E-state index in [1.54, 1.807) is 38.1 Å². The third kappa shape index (κ3) is 7.99. The second-order valence-corrected chi connectivity index (χ2v) is 11.0. The minimum absolute atomic E-state index is 0.121. The molecule has 3 aromatic rings. The Morgan fingerprint density at radius 3 is 1.87 bits per heavy atom. The number of hydrogen-bond acceptors (Lipinski definition) is 3. The predicted octanol–water partition coefficient (Wildman–Crippen LogP) is 5.87. The lowest BCUT2D eigenvalue weighted by molar-refractivity contribution is -0.144. The van der Waals surface area contributed by atoms with E-state index in [-0.39, 0.29) is 25.1 Å². The normalized spacial score (nSPS) is 12.3. The quantitative estimate of drug-likeness (QED) is 0.304. The summed E-state index contributed by atoms with van der Waals surface area (Å²) < 4.78 is 13.5. The smallest absolute Gasteiger partial charge is 0.326 e. The molecule has 206 valence electrons. The molecular formula is C32H37FN2O4. The highest BCUT2D eigenvalue weighted by atomic mass is 19.1. The number of benzene rings is 3. The van der Waals surface area contributed by atoms with Crippen molar-refractivity contribution in [3.8, 4) is 11.1 Å². The molecule has 0 unspecified atom stereocenters. The molecule has 0 radical (unpaired) electrons. The average molecular weight is 533 g/mol. The second-order valence-electron chi connectivity index (χ2n) is 11.0. The van der Waals surface area contributed by atoms with Crippen molar-refractivity contribution in [2.45, 2.75) is 65.0 Å². The molecule has 6 nitrogen and oxygen atoms in total. The van der Waals surface area contributed by atoms with Crippen LogP contribution in [0.3, 0.4) is 0 Å². The molecule has 39 heavy (non-hydrogen) atoms. The van der Waals surface area contributed by atoms with Crippen LogP contribution < -0.4 is 5.73 Å². The van der Waals surface area contributed by atoms with Gasteiger partial charge in [-0.15, -0.1) is 0 Å². The molecule has 0 aliphatic heterocycles. The highest BCUT2D eigenvalue weighted by Crippen LogP contribution is 2.29. The average Bonchev–Trinajstić information content (AvgIpc) is 2.87. The van der Waals surface area contributed by atoms with E-state index in [9.17, 15) is 23.9 Å². The van der Waals surface area contributed by atoms with Crippen molar-refractivity contribution in [3.63, 3.8) is 0 Å². The van der Waals surface area contributed by atoms with Gasteiger partial charge in [-0.1, -0.05) is 62.4 Å². The van der Waals surface area contributed by atoms with Crippen LogP contribution in [0, 0.1) is 11.7 Å². The first kappa shape index (κ1) is 29.6. The van der Waals surface area contributed by atoms with Crippen molar-refractivity contribution in [2.24, 2.45) is 11.7 Å². The number of amides is 2. The fourth-order valence-electron chi connectivity index (χ4n) is 4.92. The van der Waals surface area contributed by atoms with Crippen LogP contribution in [-0.2, 0) is 22.4 Å². The third-order valence-corrected chi connectivity index (χ3v) is 6.74. The van der Waals surface area contributed by atoms with Crippen LogP contribution in [0.5, 0.6) is 0 Å². The topological polar surface area (TPSA) is 101 Å². The number of carbonyl (C=O) groups is 3. The van der Waals surface area contributed by atoms with Crippen LogP contribution in [0.15, 0.2) is 72.8 Å². The first-order valence-corrected chi connectivity index (χ1v) is 13.2. The third-order valence-electron chi connectivity index (χ3n) is 6.74. The van der Waals surface area contributed by atoms with E-state index < -0.39 is 29.4 Å². The summed E-state index contributed by atoms with van der Waals surface area (Å²) >= 11 is 0. The molecule has 0 bridgehead atoms. The highest BCUT2D eigenvalue weighted by Gasteiger charge is 2.40. The molecule has 0 heterocycles. The predicted molar refractivity (Wildman–Crippen MR) is 151 cm³/mol. The fraction of sp³-hybridized carbons (Fsp3) is 0.344. The Morgan fingerprint density at radius 1 is 0.872 bits per heavy atom. The molecule has 7 heteroatoms. The summed E-state index contributed by atoms with van der Waals surface area (Å²) in [7, 11) is 0. The van der Waals surface area contributed by atoms with E-state index in [1.165, 1.54) is 22.6 Å². The summed E-state index contributed by atoms with van der Waals surface area (Å²) in [6, 6.07) is 20.0. The lowest BCUT2D eigenvalue weighted by atomic mass is 9.89. The molecule has 0 aromatic heterocycles. The fourth-order valence-corrected chi connectivity index (χ4v) is 4.92. The Morgan fingerprint density at radius 2 is 1.38 bits per heavy atom. The molecular weight excluding hydrogens is 495 g/mol. The van der Waals surface area contributed by atoms with Gasteiger partial charge in [-0.25, -0.2) is 9.18 Å². The van der Waals surface area contributed by atoms with Gasteiger partial charge in [0.25, 0.3) is 5.91 Å². The van der Waals surface area contributed by atoms with E-state index in [4.69, 9.17) is 5.73 Å². The molecule has 2 amide bonds. The van der Waals surface area contributed by atoms with Gasteiger partial charge in [0, 0.05) is 17.5 Å². The number of aliphatic carboxylic acids is 1. The number of rotatable bonds is 12. The van der Waals surface area contributed by atoms with Crippen LogP contribution in [0.25, 0.3) is 11.1 Å². The number of nitrogens with zero attached hydrogens (tertiary/aromatic N) is 1. The van der Waals surface area contributed by atoms with Gasteiger partial charge < -0.3 is 15.7 Å². The van der Waals surface area contributed by atoms with E-state index in [0.29, 0.717) is 11.5 Å². The molecule has 3 rings (SSSR count). The number of carboxylic acids is 1. The first-order chi connectivity index (χ1) is 18.4. The number of halogens is 1. The SMILES string of the molecule is CC(C)Cc1ccc(-c2ccc(C(=O)N([C@@H](CCC(N)=O)C(=O)O)C(C)(C)Cc3ccc(F)cc3)cc2)cc1. The summed E-state index contributed by atoms with van der Waals surface area (Å²) in [5.74, 6) is -2.17. The van der Waals surface area contributed by atoms with E-state index in [0.717, 1.165) is 23.1 Å². The van der Waals surface area contributed by atoms with Gasteiger partial charge in [0.1, 0.15) is 11.9 Å². The van der Waals surface area contributed by atoms with Crippen molar-refractivity contribution >= 4 is 17.8 Å². The lowest BCUT2D eigenvalue weighted by Crippen LogP contribution is -2.57. The maximum absolute atomic E-state index is 13.9. The molecule has 0 spiro atoms. The Labute approximate surface area is 229 Å². The van der Waals surface area contributed by atoms with Crippen LogP contribution in [0.1, 0.15) is 62.0 Å². The number of carboxylic acid groups (broad SMARTS) is 1. The number of primary amides is 1. The van der Waals surface area contributed by atoms with E-state index >= 15 is 0 Å². The largest absolute Gasteiger partial charge is 0.480 e. The van der Waals surface area contributed by atoms with Crippen LogP contribution in [0.4, 0.5) is 4.39 Å². The molecule has 0 aliphatic rings. The second kappa shape index (κ2) is 12.7. The van der Waals surface area contributed by atoms with Gasteiger partial charge in [0.15, 0.2) is 0 Å². The van der Waals surface area contributed by atoms with Crippen LogP contribution >= 0.6 is 0 Å². The van der Waals surface area contributed by atoms with Gasteiger partial charge in [0.05, 0.1) is 0 Å². The van der Waals surface area contributed by atoms with Crippen molar-refractivity contribution in [2.75, 3.05) is 0 Å². The highest BCUT2D eigenvalue weighted by molar-refractivity contribution is 5.97. The van der Waals surface area contributed by atoms with Gasteiger partial charge in [-0.2, -0.15) is 0 Å². The maximum Gasteiger partial charge on any atom is 0.326 e. The molecule has 0 saturated carbocycles. The first-order valence-electron chi connectivity index (χ1n) is 13.2. The maximum atomic E-state index is 13.9. The Balaban J connectivity index is 1.94. The molecule has 3 aromatic carbocycles. The molecule has 0 fully saturated rings. The summed E-state index contributed by atoms with van der Waals surface area (Å²) in [4.78, 5) is 39.1. The summed E-state index contributed by atoms with van der Waals surface area (Å²) in [5.41, 5.74) is 8.60. The summed E-state index contributed by atoms with van der Waals surface area (Å²) in [5, 5.41) is 10.1. The Hall–Kier alpha value is -4.00. The number of carbonyl (C=O) groups excluding carboxylic acids is 2. The van der Waals surface area contributed by atoms with Gasteiger partial charge in [-0.05, 0) is 85.5 Å². The van der Waals surface area contributed by atoms with Crippen LogP contribution in [0.2, 0.25) is 0 Å². The zero-order valence-corrected chi connectivity index (χ0v) is 23.0. The van der Waals surface area contributed by atoms with E-state index in [1.807, 2.05) is 12.1 Å². The summed E-state index contributed by atoms with van der Waals surface area (Å²) in [6.07, 6.45) is 0.973. The molecule has 0 aliphatic carbocycles. The number of nitrogens with two attached hydrogens (primary N) is 1.